The van der Waals surface area contributed by atoms with Gasteiger partial charge in [-0.1, -0.05) is 11.6 Å². The molecule has 0 amide bonds. The lowest BCUT2D eigenvalue weighted by Crippen LogP contribution is -2.26. The Kier molecular flexibility index (Phi) is 4.69. The number of aliphatic hydroxyl groups excluding tert-OH is 1. The molecule has 0 aliphatic heterocycles. The number of aliphatic hydroxyl groups is 1. The average molecular weight is 298 g/mol. The van der Waals surface area contributed by atoms with Crippen LogP contribution in [0.5, 0.6) is 0 Å². The summed E-state index contributed by atoms with van der Waals surface area (Å²) in [6, 6.07) is 1.16. The van der Waals surface area contributed by atoms with Crippen molar-refractivity contribution in [2.24, 2.45) is 0 Å². The third-order valence-electron chi connectivity index (χ3n) is 3.09. The maximum Gasteiger partial charge on any atom is 0.261 e. The van der Waals surface area contributed by atoms with Gasteiger partial charge in [-0.2, -0.15) is 0 Å². The molecule has 108 valence electrons. The smallest absolute Gasteiger partial charge is 0.261 e. The van der Waals surface area contributed by atoms with E-state index in [1.54, 1.807) is 14.0 Å². The first kappa shape index (κ1) is 14.9. The molecule has 2 aromatic heterocycles. The standard InChI is InChI=1S/C13H16ClN3O3/c1-8(6-18)17-7-15-12-9(13(17)19)5-11(14)16-10(12)3-4-20-2/h5,7-8,18H,3-4,6H2,1-2H3. The van der Waals surface area contributed by atoms with E-state index >= 15 is 0 Å². The number of rotatable bonds is 5. The van der Waals surface area contributed by atoms with Crippen molar-refractivity contribution in [3.63, 3.8) is 0 Å². The van der Waals surface area contributed by atoms with Crippen LogP contribution in [0.15, 0.2) is 17.2 Å². The summed E-state index contributed by atoms with van der Waals surface area (Å²) < 4.78 is 6.40. The lowest BCUT2D eigenvalue weighted by atomic mass is 10.2. The minimum atomic E-state index is -0.339. The van der Waals surface area contributed by atoms with E-state index in [-0.39, 0.29) is 23.4 Å². The number of hydrogen-bond acceptors (Lipinski definition) is 5. The summed E-state index contributed by atoms with van der Waals surface area (Å²) in [5.74, 6) is 0. The lowest BCUT2D eigenvalue weighted by Gasteiger charge is -2.13. The maximum absolute atomic E-state index is 12.4. The lowest BCUT2D eigenvalue weighted by molar-refractivity contribution is 0.201. The second kappa shape index (κ2) is 6.30. The number of fused-ring (bicyclic) bond motifs is 1. The SMILES string of the molecule is COCCc1nc(Cl)cc2c(=O)n(C(C)CO)cnc12. The Balaban J connectivity index is 2.63. The first-order valence-corrected chi connectivity index (χ1v) is 6.62. The molecule has 7 heteroatoms. The Bertz CT molecular complexity index is 672. The van der Waals surface area contributed by atoms with Crippen molar-refractivity contribution in [1.29, 1.82) is 0 Å². The van der Waals surface area contributed by atoms with Crippen molar-refractivity contribution in [2.45, 2.75) is 19.4 Å². The summed E-state index contributed by atoms with van der Waals surface area (Å²) in [5.41, 5.74) is 0.924. The molecule has 2 heterocycles. The van der Waals surface area contributed by atoms with Crippen molar-refractivity contribution >= 4 is 22.5 Å². The van der Waals surface area contributed by atoms with Gasteiger partial charge in [0.1, 0.15) is 5.15 Å². The van der Waals surface area contributed by atoms with Gasteiger partial charge in [0.25, 0.3) is 5.56 Å². The highest BCUT2D eigenvalue weighted by molar-refractivity contribution is 6.30. The summed E-state index contributed by atoms with van der Waals surface area (Å²) in [6.07, 6.45) is 1.96. The fourth-order valence-corrected chi connectivity index (χ4v) is 2.16. The normalized spacial score (nSPS) is 12.8. The Labute approximate surface area is 121 Å². The summed E-state index contributed by atoms with van der Waals surface area (Å²) >= 11 is 5.96. The van der Waals surface area contributed by atoms with Gasteiger partial charge in [0, 0.05) is 13.5 Å². The van der Waals surface area contributed by atoms with Crippen molar-refractivity contribution in [2.75, 3.05) is 20.3 Å². The predicted octanol–water partition coefficient (Wildman–Crippen LogP) is 1.19. The van der Waals surface area contributed by atoms with Crippen LogP contribution < -0.4 is 5.56 Å². The van der Waals surface area contributed by atoms with Gasteiger partial charge >= 0.3 is 0 Å². The minimum absolute atomic E-state index is 0.136. The van der Waals surface area contributed by atoms with E-state index in [1.165, 1.54) is 17.0 Å². The Morgan fingerprint density at radius 2 is 2.30 bits per heavy atom. The number of nitrogens with zero attached hydrogens (tertiary/aromatic N) is 3. The first-order chi connectivity index (χ1) is 9.58. The quantitative estimate of drug-likeness (QED) is 0.839. The van der Waals surface area contributed by atoms with Gasteiger partial charge in [0.2, 0.25) is 0 Å². The van der Waals surface area contributed by atoms with Crippen LogP contribution in [0.2, 0.25) is 5.15 Å². The van der Waals surface area contributed by atoms with Gasteiger partial charge in [-0.25, -0.2) is 9.97 Å². The Hall–Kier alpha value is -1.50. The van der Waals surface area contributed by atoms with Gasteiger partial charge in [0.15, 0.2) is 0 Å². The van der Waals surface area contributed by atoms with E-state index in [2.05, 4.69) is 9.97 Å². The van der Waals surface area contributed by atoms with E-state index in [0.29, 0.717) is 29.6 Å². The molecule has 20 heavy (non-hydrogen) atoms. The Morgan fingerprint density at radius 3 is 2.95 bits per heavy atom. The van der Waals surface area contributed by atoms with Gasteiger partial charge in [-0.15, -0.1) is 0 Å². The zero-order valence-corrected chi connectivity index (χ0v) is 12.1. The minimum Gasteiger partial charge on any atom is -0.394 e. The number of methoxy groups -OCH3 is 1. The third-order valence-corrected chi connectivity index (χ3v) is 3.29. The molecular formula is C13H16ClN3O3. The fourth-order valence-electron chi connectivity index (χ4n) is 1.95. The molecule has 1 unspecified atom stereocenters. The summed E-state index contributed by atoms with van der Waals surface area (Å²) in [4.78, 5) is 20.9. The highest BCUT2D eigenvalue weighted by Gasteiger charge is 2.13. The van der Waals surface area contributed by atoms with E-state index in [9.17, 15) is 4.79 Å². The van der Waals surface area contributed by atoms with Crippen LogP contribution in [0.4, 0.5) is 0 Å². The van der Waals surface area contributed by atoms with Crippen LogP contribution in [-0.2, 0) is 11.2 Å². The molecule has 0 aliphatic rings. The molecule has 1 N–H and O–H groups in total. The number of pyridine rings is 1. The van der Waals surface area contributed by atoms with Crippen molar-refractivity contribution in [3.8, 4) is 0 Å². The van der Waals surface area contributed by atoms with E-state index < -0.39 is 0 Å². The molecule has 0 fully saturated rings. The third kappa shape index (κ3) is 2.82. The predicted molar refractivity (Wildman–Crippen MR) is 76.2 cm³/mol. The summed E-state index contributed by atoms with van der Waals surface area (Å²) in [7, 11) is 1.59. The molecule has 0 spiro atoms. The molecule has 0 radical (unpaired) electrons. The van der Waals surface area contributed by atoms with E-state index in [4.69, 9.17) is 21.4 Å². The van der Waals surface area contributed by atoms with Crippen LogP contribution >= 0.6 is 11.6 Å². The summed E-state index contributed by atoms with van der Waals surface area (Å²) in [5, 5.41) is 9.82. The van der Waals surface area contributed by atoms with Crippen LogP contribution in [-0.4, -0.2) is 40.0 Å². The van der Waals surface area contributed by atoms with Crippen molar-refractivity contribution in [3.05, 3.63) is 33.6 Å². The van der Waals surface area contributed by atoms with Gasteiger partial charge in [0.05, 0.1) is 42.2 Å². The van der Waals surface area contributed by atoms with Crippen LogP contribution in [0.3, 0.4) is 0 Å². The largest absolute Gasteiger partial charge is 0.394 e. The summed E-state index contributed by atoms with van der Waals surface area (Å²) in [6.45, 7) is 2.08. The topological polar surface area (TPSA) is 77.2 Å². The number of halogens is 1. The zero-order valence-electron chi connectivity index (χ0n) is 11.3. The van der Waals surface area contributed by atoms with Gasteiger partial charge < -0.3 is 9.84 Å². The van der Waals surface area contributed by atoms with Gasteiger partial charge in [-0.05, 0) is 13.0 Å². The van der Waals surface area contributed by atoms with Crippen LogP contribution in [0.25, 0.3) is 10.9 Å². The molecule has 0 saturated carbocycles. The molecule has 0 aromatic carbocycles. The monoisotopic (exact) mass is 297 g/mol. The van der Waals surface area contributed by atoms with Crippen molar-refractivity contribution < 1.29 is 9.84 Å². The molecule has 1 atom stereocenters. The van der Waals surface area contributed by atoms with Gasteiger partial charge in [-0.3, -0.25) is 9.36 Å². The first-order valence-electron chi connectivity index (χ1n) is 6.24. The molecular weight excluding hydrogens is 282 g/mol. The Morgan fingerprint density at radius 1 is 1.55 bits per heavy atom. The van der Waals surface area contributed by atoms with E-state index in [1.807, 2.05) is 0 Å². The highest BCUT2D eigenvalue weighted by atomic mass is 35.5. The number of aromatic nitrogens is 3. The number of hydrogen-bond donors (Lipinski definition) is 1. The second-order valence-corrected chi connectivity index (χ2v) is 4.91. The van der Waals surface area contributed by atoms with Crippen LogP contribution in [0, 0.1) is 0 Å². The maximum atomic E-state index is 12.4. The van der Waals surface area contributed by atoms with E-state index in [0.717, 1.165) is 0 Å². The molecule has 2 rings (SSSR count). The molecule has 0 aliphatic carbocycles. The molecule has 6 nitrogen and oxygen atoms in total. The number of ether oxygens (including phenoxy) is 1. The fraction of sp³-hybridized carbons (Fsp3) is 0.462. The highest BCUT2D eigenvalue weighted by Crippen LogP contribution is 2.17. The zero-order chi connectivity index (χ0) is 14.7. The molecule has 2 aromatic rings. The van der Waals surface area contributed by atoms with Crippen molar-refractivity contribution in [1.82, 2.24) is 14.5 Å². The second-order valence-electron chi connectivity index (χ2n) is 4.52. The molecule has 0 saturated heterocycles. The van der Waals surface area contributed by atoms with Crippen LogP contribution in [0.1, 0.15) is 18.7 Å². The molecule has 0 bridgehead atoms. The average Bonchev–Trinajstić information content (AvgIpc) is 2.45.